The fourth-order valence-corrected chi connectivity index (χ4v) is 6.82. The maximum atomic E-state index is 13.9. The molecule has 2 aliphatic carbocycles. The second-order valence-electron chi connectivity index (χ2n) is 11.3. The Kier molecular flexibility index (Phi) is 11.6. The number of aromatic nitrogens is 1. The molecule has 7 heteroatoms. The number of halogens is 3. The van der Waals surface area contributed by atoms with E-state index in [0.717, 1.165) is 44.7 Å². The quantitative estimate of drug-likeness (QED) is 0.271. The zero-order valence-corrected chi connectivity index (χ0v) is 24.8. The molecule has 0 spiro atoms. The molecule has 2 heterocycles. The van der Waals surface area contributed by atoms with Crippen LogP contribution >= 0.6 is 0 Å². The number of rotatable bonds is 7. The molecule has 3 aliphatic rings. The van der Waals surface area contributed by atoms with E-state index < -0.39 is 17.2 Å². The molecule has 40 heavy (non-hydrogen) atoms. The molecule has 2 fully saturated rings. The summed E-state index contributed by atoms with van der Waals surface area (Å²) in [6, 6.07) is 1.89. The van der Waals surface area contributed by atoms with E-state index >= 15 is 0 Å². The maximum Gasteiger partial charge on any atom is 0.417 e. The van der Waals surface area contributed by atoms with E-state index in [9.17, 15) is 18.0 Å². The van der Waals surface area contributed by atoms with Gasteiger partial charge >= 0.3 is 6.18 Å². The first-order valence-electron chi connectivity index (χ1n) is 15.2. The van der Waals surface area contributed by atoms with Crippen molar-refractivity contribution < 1.29 is 18.0 Å². The third-order valence-electron chi connectivity index (χ3n) is 9.02. The average Bonchev–Trinajstić information content (AvgIpc) is 3.24. The Morgan fingerprint density at radius 2 is 1.98 bits per heavy atom. The van der Waals surface area contributed by atoms with Crippen LogP contribution in [0.25, 0.3) is 0 Å². The molecule has 1 amide bonds. The Labute approximate surface area is 239 Å². The highest BCUT2D eigenvalue weighted by molar-refractivity contribution is 5.83. The van der Waals surface area contributed by atoms with Gasteiger partial charge in [0.05, 0.1) is 11.0 Å². The molecule has 1 aromatic rings. The predicted octanol–water partition coefficient (Wildman–Crippen LogP) is 8.19. The summed E-state index contributed by atoms with van der Waals surface area (Å²) < 4.78 is 39.7. The lowest BCUT2D eigenvalue weighted by atomic mass is 9.81. The van der Waals surface area contributed by atoms with E-state index in [1.165, 1.54) is 30.9 Å². The molecule has 4 unspecified atom stereocenters. The molecular formula is C33H48F3N3O. The lowest BCUT2D eigenvalue weighted by molar-refractivity contribution is -0.143. The number of carbonyl (C=O) groups is 1. The van der Waals surface area contributed by atoms with Crippen molar-refractivity contribution in [3.8, 4) is 0 Å². The zero-order valence-electron chi connectivity index (χ0n) is 24.8. The van der Waals surface area contributed by atoms with Crippen LogP contribution in [0, 0.1) is 11.3 Å². The lowest BCUT2D eigenvalue weighted by Gasteiger charge is -2.37. The Morgan fingerprint density at radius 1 is 1.23 bits per heavy atom. The molecule has 1 aliphatic heterocycles. The van der Waals surface area contributed by atoms with Gasteiger partial charge in [0.1, 0.15) is 0 Å². The predicted molar refractivity (Wildman–Crippen MR) is 157 cm³/mol. The minimum absolute atomic E-state index is 0.0943. The number of hydrogen-bond acceptors (Lipinski definition) is 3. The molecule has 1 aromatic heterocycles. The van der Waals surface area contributed by atoms with Gasteiger partial charge in [-0.1, -0.05) is 64.5 Å². The zero-order chi connectivity index (χ0) is 29.3. The number of nitrogens with zero attached hydrogens (tertiary/aromatic N) is 2. The summed E-state index contributed by atoms with van der Waals surface area (Å²) in [5, 5.41) is 3.93. The van der Waals surface area contributed by atoms with E-state index in [2.05, 4.69) is 42.9 Å². The molecule has 4 rings (SSSR count). The van der Waals surface area contributed by atoms with Crippen molar-refractivity contribution in [2.45, 2.75) is 117 Å². The highest BCUT2D eigenvalue weighted by Crippen LogP contribution is 2.44. The summed E-state index contributed by atoms with van der Waals surface area (Å²) >= 11 is 0. The van der Waals surface area contributed by atoms with Gasteiger partial charge in [0, 0.05) is 43.5 Å². The van der Waals surface area contributed by atoms with Crippen molar-refractivity contribution in [1.82, 2.24) is 15.2 Å². The van der Waals surface area contributed by atoms with Gasteiger partial charge in [0.2, 0.25) is 5.91 Å². The Hall–Kier alpha value is -2.41. The van der Waals surface area contributed by atoms with E-state index in [-0.39, 0.29) is 18.5 Å². The Morgan fingerprint density at radius 3 is 2.65 bits per heavy atom. The summed E-state index contributed by atoms with van der Waals surface area (Å²) in [6.07, 6.45) is 14.4. The standard InChI is InChI=1S/C31H42F3N3O.C2H6/c1-4-7-10-22(5-2)23-11-8-9-12-26(18-23)36-27-13-15-30(6-3,19-27)29(38)37-16-14-28-24(21-37)17-25(20-35-28)31(32,33)34;1-2/h4-5,7,10,17,20,23,26-27,36H,1,6,8-9,11-16,18-19,21H2,2-3H3;1-2H3/b10-7-,22-5+;. The third kappa shape index (κ3) is 7.65. The number of fused-ring (bicyclic) bond motifs is 1. The van der Waals surface area contributed by atoms with Crippen LogP contribution in [-0.2, 0) is 23.9 Å². The molecule has 222 valence electrons. The van der Waals surface area contributed by atoms with Gasteiger partial charge in [-0.2, -0.15) is 13.2 Å². The molecule has 4 atom stereocenters. The fraction of sp³-hybridized carbons (Fsp3) is 0.636. The van der Waals surface area contributed by atoms with Crippen LogP contribution in [0.1, 0.15) is 102 Å². The number of allylic oxidation sites excluding steroid dienone is 5. The molecule has 0 radical (unpaired) electrons. The molecule has 2 saturated carbocycles. The highest BCUT2D eigenvalue weighted by Gasteiger charge is 2.46. The summed E-state index contributed by atoms with van der Waals surface area (Å²) in [5.41, 5.74) is 1.37. The average molecular weight is 560 g/mol. The number of alkyl halides is 3. The van der Waals surface area contributed by atoms with Gasteiger partial charge in [0.25, 0.3) is 0 Å². The molecule has 0 saturated heterocycles. The van der Waals surface area contributed by atoms with Crippen molar-refractivity contribution in [2.24, 2.45) is 11.3 Å². The first-order chi connectivity index (χ1) is 19.2. The minimum Gasteiger partial charge on any atom is -0.337 e. The second-order valence-corrected chi connectivity index (χ2v) is 11.3. The Bertz CT molecular complexity index is 1060. The number of amides is 1. The Balaban J connectivity index is 0.00000216. The molecule has 4 nitrogen and oxygen atoms in total. The van der Waals surface area contributed by atoms with E-state index in [1.54, 1.807) is 4.90 Å². The summed E-state index contributed by atoms with van der Waals surface area (Å²) in [7, 11) is 0. The van der Waals surface area contributed by atoms with Gasteiger partial charge in [0.15, 0.2) is 0 Å². The first-order valence-corrected chi connectivity index (χ1v) is 15.2. The largest absolute Gasteiger partial charge is 0.417 e. The number of pyridine rings is 1. The summed E-state index contributed by atoms with van der Waals surface area (Å²) in [4.78, 5) is 19.7. The smallest absolute Gasteiger partial charge is 0.337 e. The van der Waals surface area contributed by atoms with Crippen LogP contribution in [-0.4, -0.2) is 34.4 Å². The van der Waals surface area contributed by atoms with Crippen LogP contribution in [0.5, 0.6) is 0 Å². The van der Waals surface area contributed by atoms with Gasteiger partial charge < -0.3 is 10.2 Å². The first kappa shape index (κ1) is 32.1. The van der Waals surface area contributed by atoms with Gasteiger partial charge in [-0.15, -0.1) is 0 Å². The minimum atomic E-state index is -4.43. The third-order valence-corrected chi connectivity index (χ3v) is 9.02. The monoisotopic (exact) mass is 559 g/mol. The lowest BCUT2D eigenvalue weighted by Crippen LogP contribution is -2.46. The van der Waals surface area contributed by atoms with Crippen molar-refractivity contribution in [1.29, 1.82) is 0 Å². The van der Waals surface area contributed by atoms with Gasteiger partial charge in [-0.25, -0.2) is 0 Å². The topological polar surface area (TPSA) is 45.2 Å². The van der Waals surface area contributed by atoms with Crippen molar-refractivity contribution in [3.05, 3.63) is 65.5 Å². The van der Waals surface area contributed by atoms with E-state index in [4.69, 9.17) is 0 Å². The fourth-order valence-electron chi connectivity index (χ4n) is 6.82. The molecule has 0 aromatic carbocycles. The van der Waals surface area contributed by atoms with Crippen LogP contribution in [0.4, 0.5) is 13.2 Å². The van der Waals surface area contributed by atoms with Crippen LogP contribution < -0.4 is 5.32 Å². The number of hydrogen-bond donors (Lipinski definition) is 1. The second kappa shape index (κ2) is 14.5. The van der Waals surface area contributed by atoms with Crippen LogP contribution in [0.15, 0.2) is 48.7 Å². The van der Waals surface area contributed by atoms with Crippen molar-refractivity contribution >= 4 is 5.91 Å². The van der Waals surface area contributed by atoms with Crippen LogP contribution in [0.3, 0.4) is 0 Å². The van der Waals surface area contributed by atoms with E-state index in [1.807, 2.05) is 26.0 Å². The van der Waals surface area contributed by atoms with Crippen LogP contribution in [0.2, 0.25) is 0 Å². The highest BCUT2D eigenvalue weighted by atomic mass is 19.4. The van der Waals surface area contributed by atoms with Gasteiger partial charge in [-0.3, -0.25) is 9.78 Å². The summed E-state index contributed by atoms with van der Waals surface area (Å²) in [5.74, 6) is 0.621. The van der Waals surface area contributed by atoms with E-state index in [0.29, 0.717) is 36.2 Å². The molecule has 0 bridgehead atoms. The van der Waals surface area contributed by atoms with Crippen molar-refractivity contribution in [3.63, 3.8) is 0 Å². The molecular weight excluding hydrogens is 511 g/mol. The SMILES string of the molecule is C=C/C=C\C(=C/C)C1CCCCC(NC2CCC(CC)(C(=O)N3CCc4ncc(C(F)(F)F)cc4C3)C2)C1.CC. The number of carbonyl (C=O) groups excluding carboxylic acids is 1. The van der Waals surface area contributed by atoms with Crippen molar-refractivity contribution in [2.75, 3.05) is 6.54 Å². The maximum absolute atomic E-state index is 13.9. The normalized spacial score (nSPS) is 27.5. The molecule has 1 N–H and O–H groups in total. The summed E-state index contributed by atoms with van der Waals surface area (Å²) in [6.45, 7) is 12.7. The number of nitrogens with one attached hydrogen (secondary N) is 1. The van der Waals surface area contributed by atoms with Gasteiger partial charge in [-0.05, 0) is 75.0 Å².